The van der Waals surface area contributed by atoms with Gasteiger partial charge in [-0.2, -0.15) is 4.98 Å². The molecule has 2 N–H and O–H groups in total. The van der Waals surface area contributed by atoms with Gasteiger partial charge >= 0.3 is 0 Å². The number of fused-ring (bicyclic) bond motifs is 1. The molecule has 1 saturated heterocycles. The third-order valence-electron chi connectivity index (χ3n) is 6.70. The van der Waals surface area contributed by atoms with Gasteiger partial charge in [0.2, 0.25) is 11.9 Å². The van der Waals surface area contributed by atoms with E-state index < -0.39 is 20.1 Å². The molecule has 4 atom stereocenters. The Bertz CT molecular complexity index is 1120. The number of nitrogens with zero attached hydrogens (tertiary/aromatic N) is 3. The third kappa shape index (κ3) is 5.47. The van der Waals surface area contributed by atoms with Crippen LogP contribution in [0.2, 0.25) is 18.1 Å². The summed E-state index contributed by atoms with van der Waals surface area (Å²) >= 11 is 4.92. The summed E-state index contributed by atoms with van der Waals surface area (Å²) in [5.74, 6) is -0.457. The first-order valence-corrected chi connectivity index (χ1v) is 16.1. The lowest BCUT2D eigenvalue weighted by molar-refractivity contribution is -0.118. The van der Waals surface area contributed by atoms with E-state index in [0.717, 1.165) is 0 Å². The summed E-state index contributed by atoms with van der Waals surface area (Å²) in [6, 6.07) is 0. The first-order valence-electron chi connectivity index (χ1n) is 11.3. The van der Waals surface area contributed by atoms with Gasteiger partial charge in [0, 0.05) is 11.8 Å². The van der Waals surface area contributed by atoms with Gasteiger partial charge in [0.15, 0.2) is 25.7 Å². The van der Waals surface area contributed by atoms with Gasteiger partial charge in [-0.25, -0.2) is 4.98 Å². The molecule has 3 heterocycles. The summed E-state index contributed by atoms with van der Waals surface area (Å²) in [7, 11) is -1.76. The van der Waals surface area contributed by atoms with Gasteiger partial charge in [0.1, 0.15) is 7.58 Å². The van der Waals surface area contributed by atoms with E-state index in [1.54, 1.807) is 18.4 Å². The fourth-order valence-electron chi connectivity index (χ4n) is 3.49. The van der Waals surface area contributed by atoms with Crippen molar-refractivity contribution in [3.8, 4) is 0 Å². The van der Waals surface area contributed by atoms with Crippen LogP contribution in [0.3, 0.4) is 0 Å². The standard InChI is InChI=1S/C21H34N5O5PSSi/c1-11(2)17(27)24-20-23-16-14(18(28)25-20)22-10-26(16)19-15(31-34(7,8)21(4,5)6)12(3)13(30-19)9-29-32-33/h10-13,15,19H,9H2,1-8H3,(H2,23,24,25,27,28)/t12-,13-,15-,19-/m1/s1. The zero-order valence-corrected chi connectivity index (χ0v) is 23.6. The minimum absolute atomic E-state index is 0.00423. The van der Waals surface area contributed by atoms with E-state index in [9.17, 15) is 9.59 Å². The smallest absolute Gasteiger partial charge is 0.280 e. The monoisotopic (exact) mass is 527 g/mol. The van der Waals surface area contributed by atoms with Crippen LogP contribution in [-0.4, -0.2) is 52.6 Å². The van der Waals surface area contributed by atoms with Crippen LogP contribution in [-0.2, 0) is 30.3 Å². The molecule has 0 radical (unpaired) electrons. The Kier molecular flexibility index (Phi) is 8.11. The van der Waals surface area contributed by atoms with Crippen LogP contribution in [0.25, 0.3) is 11.2 Å². The summed E-state index contributed by atoms with van der Waals surface area (Å²) in [5, 5.41) is 2.64. The summed E-state index contributed by atoms with van der Waals surface area (Å²) in [5.41, 5.74) is 0.0287. The van der Waals surface area contributed by atoms with Gasteiger partial charge in [-0.3, -0.25) is 24.5 Å². The largest absolute Gasteiger partial charge is 0.409 e. The van der Waals surface area contributed by atoms with E-state index in [0.29, 0.717) is 19.8 Å². The van der Waals surface area contributed by atoms with Crippen LogP contribution in [0.1, 0.15) is 47.8 Å². The van der Waals surface area contributed by atoms with Crippen molar-refractivity contribution in [1.29, 1.82) is 0 Å². The Morgan fingerprint density at radius 1 is 1.41 bits per heavy atom. The summed E-state index contributed by atoms with van der Waals surface area (Å²) in [4.78, 5) is 36.2. The number of anilines is 1. The van der Waals surface area contributed by atoms with E-state index in [4.69, 9.17) is 25.5 Å². The molecule has 0 bridgehead atoms. The fraction of sp³-hybridized carbons (Fsp3) is 0.714. The van der Waals surface area contributed by atoms with Crippen LogP contribution >= 0.6 is 7.58 Å². The second kappa shape index (κ2) is 10.2. The first kappa shape index (κ1) is 27.0. The molecule has 0 aliphatic carbocycles. The minimum Gasteiger partial charge on any atom is -0.409 e. The molecule has 0 aromatic carbocycles. The first-order chi connectivity index (χ1) is 15.8. The van der Waals surface area contributed by atoms with E-state index in [2.05, 4.69) is 61.1 Å². The number of rotatable bonds is 8. The maximum atomic E-state index is 12.7. The summed E-state index contributed by atoms with van der Waals surface area (Å²) in [6.07, 6.45) is 0.389. The SMILES string of the molecule is CC(C)C(=O)Nc1nc2c(ncn2[C@@H]2O[C@H](COP=S)[C@@H](C)[C@H]2O[Si](C)(C)C(C)(C)C)c(=O)[nH]1. The predicted octanol–water partition coefficient (Wildman–Crippen LogP) is 3.98. The molecule has 3 rings (SSSR count). The second-order valence-corrected chi connectivity index (χ2v) is 16.1. The number of hydrogen-bond donors (Lipinski definition) is 2. The third-order valence-corrected chi connectivity index (χ3v) is 11.7. The van der Waals surface area contributed by atoms with Gasteiger partial charge in [0.05, 0.1) is 25.1 Å². The second-order valence-electron chi connectivity index (χ2n) is 10.5. The van der Waals surface area contributed by atoms with Crippen LogP contribution in [0.4, 0.5) is 5.95 Å². The van der Waals surface area contributed by atoms with Crippen LogP contribution in [0.5, 0.6) is 0 Å². The Balaban J connectivity index is 2.05. The number of aromatic nitrogens is 4. The Morgan fingerprint density at radius 3 is 2.68 bits per heavy atom. The molecule has 34 heavy (non-hydrogen) atoms. The van der Waals surface area contributed by atoms with Gasteiger partial charge in [-0.05, 0) is 29.9 Å². The lowest BCUT2D eigenvalue weighted by Gasteiger charge is -2.40. The van der Waals surface area contributed by atoms with E-state index in [1.807, 2.05) is 0 Å². The quantitative estimate of drug-likeness (QED) is 0.391. The molecule has 1 amide bonds. The number of aromatic amines is 1. The van der Waals surface area contributed by atoms with Crippen molar-refractivity contribution in [3.63, 3.8) is 0 Å². The maximum Gasteiger partial charge on any atom is 0.280 e. The number of carbonyl (C=O) groups is 1. The average molecular weight is 528 g/mol. The van der Waals surface area contributed by atoms with Gasteiger partial charge in [0.25, 0.3) is 5.56 Å². The van der Waals surface area contributed by atoms with Crippen molar-refractivity contribution in [2.24, 2.45) is 11.8 Å². The Morgan fingerprint density at radius 2 is 2.09 bits per heavy atom. The molecule has 1 fully saturated rings. The lowest BCUT2D eigenvalue weighted by atomic mass is 10.0. The number of amides is 1. The Hall–Kier alpha value is -1.56. The van der Waals surface area contributed by atoms with Crippen LogP contribution < -0.4 is 10.9 Å². The highest BCUT2D eigenvalue weighted by molar-refractivity contribution is 7.94. The maximum absolute atomic E-state index is 12.7. The normalized spacial score (nSPS) is 23.8. The number of hydrogen-bond acceptors (Lipinski definition) is 8. The molecule has 0 spiro atoms. The van der Waals surface area contributed by atoms with Crippen molar-refractivity contribution in [3.05, 3.63) is 16.7 Å². The molecular formula is C21H34N5O5PSSi. The molecule has 10 nitrogen and oxygen atoms in total. The lowest BCUT2D eigenvalue weighted by Crippen LogP contribution is -2.46. The highest BCUT2D eigenvalue weighted by Crippen LogP contribution is 2.44. The molecule has 2 aromatic heterocycles. The average Bonchev–Trinajstić information content (AvgIpc) is 3.27. The van der Waals surface area contributed by atoms with Crippen molar-refractivity contribution >= 4 is 50.7 Å². The molecular weight excluding hydrogens is 493 g/mol. The molecule has 1 aliphatic heterocycles. The number of nitrogens with one attached hydrogen (secondary N) is 2. The molecule has 0 unspecified atom stereocenters. The van der Waals surface area contributed by atoms with E-state index in [1.165, 1.54) is 6.33 Å². The Labute approximate surface area is 207 Å². The van der Waals surface area contributed by atoms with Gasteiger partial charge in [-0.1, -0.05) is 41.5 Å². The predicted molar refractivity (Wildman–Crippen MR) is 137 cm³/mol. The number of H-pyrrole nitrogens is 1. The van der Waals surface area contributed by atoms with Crippen LogP contribution in [0.15, 0.2) is 11.1 Å². The number of ether oxygens (including phenoxy) is 1. The van der Waals surface area contributed by atoms with Crippen molar-refractivity contribution < 1.29 is 18.5 Å². The van der Waals surface area contributed by atoms with Crippen molar-refractivity contribution in [2.45, 2.75) is 78.1 Å². The summed E-state index contributed by atoms with van der Waals surface area (Å²) in [6.45, 7) is 16.9. The molecule has 0 saturated carbocycles. The topological polar surface area (TPSA) is 120 Å². The van der Waals surface area contributed by atoms with Gasteiger partial charge in [-0.15, -0.1) is 0 Å². The zero-order chi connectivity index (χ0) is 25.4. The molecule has 13 heteroatoms. The zero-order valence-electron chi connectivity index (χ0n) is 20.9. The highest BCUT2D eigenvalue weighted by Gasteiger charge is 2.49. The van der Waals surface area contributed by atoms with Gasteiger partial charge < -0.3 is 13.7 Å². The number of carbonyl (C=O) groups excluding carboxylic acids is 1. The molecule has 2 aromatic rings. The van der Waals surface area contributed by atoms with Crippen molar-refractivity contribution in [2.75, 3.05) is 11.9 Å². The van der Waals surface area contributed by atoms with E-state index in [-0.39, 0.29) is 46.5 Å². The minimum atomic E-state index is -2.17. The van der Waals surface area contributed by atoms with Crippen molar-refractivity contribution in [1.82, 2.24) is 19.5 Å². The molecule has 188 valence electrons. The number of imidazole rings is 1. The fourth-order valence-corrected chi connectivity index (χ4v) is 5.24. The highest BCUT2D eigenvalue weighted by atomic mass is 32.4. The molecule has 1 aliphatic rings. The van der Waals surface area contributed by atoms with Crippen LogP contribution in [0, 0.1) is 11.8 Å². The summed E-state index contributed by atoms with van der Waals surface area (Å²) < 4.78 is 20.4. The van der Waals surface area contributed by atoms with E-state index >= 15 is 0 Å².